The van der Waals surface area contributed by atoms with Crippen LogP contribution < -0.4 is 4.74 Å². The van der Waals surface area contributed by atoms with Gasteiger partial charge in [-0.25, -0.2) is 0 Å². The van der Waals surface area contributed by atoms with Gasteiger partial charge in [-0.15, -0.1) is 0 Å². The fourth-order valence-electron chi connectivity index (χ4n) is 3.06. The monoisotopic (exact) mass is 291 g/mol. The number of rotatable bonds is 5. The standard InChI is InChI=1S/C17H25NO3/c1-11(2)14-9-13(12(3)8-16(14)21-4)10-18-7-5-6-15(18)17(19)20/h8-9,11,15H,5-7,10H2,1-4H3,(H,19,20). The van der Waals surface area contributed by atoms with Crippen LogP contribution in [0.1, 0.15) is 49.3 Å². The number of likely N-dealkylation sites (tertiary alicyclic amines) is 1. The zero-order valence-corrected chi connectivity index (χ0v) is 13.3. The average Bonchev–Trinajstić information content (AvgIpc) is 2.88. The van der Waals surface area contributed by atoms with Crippen LogP contribution in [0.3, 0.4) is 0 Å². The fourth-order valence-corrected chi connectivity index (χ4v) is 3.06. The van der Waals surface area contributed by atoms with Crippen molar-refractivity contribution in [3.8, 4) is 5.75 Å². The summed E-state index contributed by atoms with van der Waals surface area (Å²) in [5, 5.41) is 9.29. The Bertz CT molecular complexity index is 525. The Morgan fingerprint density at radius 2 is 2.19 bits per heavy atom. The number of carboxylic acid groups (broad SMARTS) is 1. The molecule has 1 fully saturated rings. The molecule has 0 aromatic heterocycles. The predicted molar refractivity (Wildman–Crippen MR) is 82.9 cm³/mol. The first-order valence-electron chi connectivity index (χ1n) is 7.58. The summed E-state index contributed by atoms with van der Waals surface area (Å²) in [6.07, 6.45) is 1.71. The summed E-state index contributed by atoms with van der Waals surface area (Å²) in [4.78, 5) is 13.4. The van der Waals surface area contributed by atoms with Crippen LogP contribution in [0.25, 0.3) is 0 Å². The van der Waals surface area contributed by atoms with Crippen LogP contribution in [-0.2, 0) is 11.3 Å². The molecule has 0 saturated carbocycles. The molecule has 1 aliphatic rings. The van der Waals surface area contributed by atoms with Crippen molar-refractivity contribution in [1.29, 1.82) is 0 Å². The summed E-state index contributed by atoms with van der Waals surface area (Å²) in [6, 6.07) is 3.90. The van der Waals surface area contributed by atoms with Crippen molar-refractivity contribution in [2.45, 2.75) is 52.1 Å². The van der Waals surface area contributed by atoms with Gasteiger partial charge in [-0.05, 0) is 55.0 Å². The molecule has 1 N–H and O–H groups in total. The number of ether oxygens (including phenoxy) is 1. The van der Waals surface area contributed by atoms with Crippen molar-refractivity contribution in [3.05, 3.63) is 28.8 Å². The van der Waals surface area contributed by atoms with E-state index in [1.807, 2.05) is 0 Å². The molecule has 2 rings (SSSR count). The van der Waals surface area contributed by atoms with Crippen LogP contribution in [0.4, 0.5) is 0 Å². The van der Waals surface area contributed by atoms with Gasteiger partial charge in [0.1, 0.15) is 11.8 Å². The number of hydrogen-bond acceptors (Lipinski definition) is 3. The minimum Gasteiger partial charge on any atom is -0.496 e. The fraction of sp³-hybridized carbons (Fsp3) is 0.588. The van der Waals surface area contributed by atoms with Gasteiger partial charge in [-0.2, -0.15) is 0 Å². The summed E-state index contributed by atoms with van der Waals surface area (Å²) in [6.45, 7) is 7.92. The van der Waals surface area contributed by atoms with Crippen molar-refractivity contribution in [3.63, 3.8) is 0 Å². The maximum Gasteiger partial charge on any atom is 0.320 e. The largest absolute Gasteiger partial charge is 0.496 e. The van der Waals surface area contributed by atoms with Gasteiger partial charge in [0.05, 0.1) is 7.11 Å². The molecule has 0 aliphatic carbocycles. The van der Waals surface area contributed by atoms with Crippen LogP contribution in [0, 0.1) is 6.92 Å². The van der Waals surface area contributed by atoms with Gasteiger partial charge in [0.2, 0.25) is 0 Å². The quantitative estimate of drug-likeness (QED) is 0.905. The van der Waals surface area contributed by atoms with E-state index in [9.17, 15) is 9.90 Å². The van der Waals surface area contributed by atoms with Crippen LogP contribution in [0.2, 0.25) is 0 Å². The second kappa shape index (κ2) is 6.48. The highest BCUT2D eigenvalue weighted by atomic mass is 16.5. The first-order chi connectivity index (χ1) is 9.93. The molecule has 116 valence electrons. The highest BCUT2D eigenvalue weighted by Gasteiger charge is 2.30. The molecule has 1 saturated heterocycles. The summed E-state index contributed by atoms with van der Waals surface area (Å²) < 4.78 is 5.46. The topological polar surface area (TPSA) is 49.8 Å². The van der Waals surface area contributed by atoms with Gasteiger partial charge < -0.3 is 9.84 Å². The van der Waals surface area contributed by atoms with Crippen molar-refractivity contribution in [1.82, 2.24) is 4.90 Å². The first-order valence-corrected chi connectivity index (χ1v) is 7.58. The first kappa shape index (κ1) is 15.8. The number of hydrogen-bond donors (Lipinski definition) is 1. The molecule has 1 aromatic rings. The number of benzene rings is 1. The van der Waals surface area contributed by atoms with Gasteiger partial charge in [-0.1, -0.05) is 19.9 Å². The van der Waals surface area contributed by atoms with Crippen LogP contribution in [0.15, 0.2) is 12.1 Å². The molecule has 0 bridgehead atoms. The van der Waals surface area contributed by atoms with Gasteiger partial charge in [0.15, 0.2) is 0 Å². The molecule has 1 aromatic carbocycles. The molecule has 4 nitrogen and oxygen atoms in total. The second-order valence-electron chi connectivity index (χ2n) is 6.14. The Morgan fingerprint density at radius 3 is 2.76 bits per heavy atom. The third kappa shape index (κ3) is 3.38. The van der Waals surface area contributed by atoms with E-state index < -0.39 is 5.97 Å². The molecule has 21 heavy (non-hydrogen) atoms. The van der Waals surface area contributed by atoms with E-state index in [-0.39, 0.29) is 6.04 Å². The molecular formula is C17H25NO3. The van der Waals surface area contributed by atoms with Crippen molar-refractivity contribution >= 4 is 5.97 Å². The van der Waals surface area contributed by atoms with E-state index in [2.05, 4.69) is 37.8 Å². The zero-order valence-electron chi connectivity index (χ0n) is 13.3. The van der Waals surface area contributed by atoms with E-state index in [0.29, 0.717) is 12.5 Å². The van der Waals surface area contributed by atoms with E-state index in [1.165, 1.54) is 11.1 Å². The second-order valence-corrected chi connectivity index (χ2v) is 6.14. The lowest BCUT2D eigenvalue weighted by Crippen LogP contribution is -2.35. The maximum absolute atomic E-state index is 11.3. The van der Waals surface area contributed by atoms with Gasteiger partial charge in [0, 0.05) is 6.54 Å². The molecule has 0 radical (unpaired) electrons. The van der Waals surface area contributed by atoms with E-state index in [1.54, 1.807) is 7.11 Å². The van der Waals surface area contributed by atoms with Gasteiger partial charge in [-0.3, -0.25) is 9.69 Å². The van der Waals surface area contributed by atoms with E-state index in [0.717, 1.165) is 30.7 Å². The van der Waals surface area contributed by atoms with Crippen molar-refractivity contribution in [2.75, 3.05) is 13.7 Å². The van der Waals surface area contributed by atoms with Gasteiger partial charge >= 0.3 is 5.97 Å². The molecule has 0 spiro atoms. The van der Waals surface area contributed by atoms with E-state index in [4.69, 9.17) is 4.74 Å². The minimum atomic E-state index is -0.706. The molecular weight excluding hydrogens is 266 g/mol. The molecule has 1 aliphatic heterocycles. The lowest BCUT2D eigenvalue weighted by molar-refractivity contribution is -0.142. The molecule has 1 unspecified atom stereocenters. The van der Waals surface area contributed by atoms with E-state index >= 15 is 0 Å². The number of carboxylic acids is 1. The van der Waals surface area contributed by atoms with Crippen LogP contribution in [0.5, 0.6) is 5.75 Å². The number of aryl methyl sites for hydroxylation is 1. The number of carbonyl (C=O) groups is 1. The highest BCUT2D eigenvalue weighted by molar-refractivity contribution is 5.73. The summed E-state index contributed by atoms with van der Waals surface area (Å²) in [5.74, 6) is 0.596. The third-order valence-electron chi connectivity index (χ3n) is 4.33. The SMILES string of the molecule is COc1cc(C)c(CN2CCCC2C(=O)O)cc1C(C)C. The molecule has 4 heteroatoms. The Kier molecular flexibility index (Phi) is 4.88. The Balaban J connectivity index is 2.27. The Morgan fingerprint density at radius 1 is 1.48 bits per heavy atom. The number of nitrogens with zero attached hydrogens (tertiary/aromatic N) is 1. The maximum atomic E-state index is 11.3. The van der Waals surface area contributed by atoms with Crippen LogP contribution >= 0.6 is 0 Å². The summed E-state index contributed by atoms with van der Waals surface area (Å²) >= 11 is 0. The van der Waals surface area contributed by atoms with Crippen molar-refractivity contribution in [2.24, 2.45) is 0 Å². The smallest absolute Gasteiger partial charge is 0.320 e. The lowest BCUT2D eigenvalue weighted by Gasteiger charge is -2.23. The molecule has 0 amide bonds. The molecule has 1 heterocycles. The minimum absolute atomic E-state index is 0.339. The average molecular weight is 291 g/mol. The predicted octanol–water partition coefficient (Wildman–Crippen LogP) is 3.18. The molecule has 1 atom stereocenters. The van der Waals surface area contributed by atoms with Crippen molar-refractivity contribution < 1.29 is 14.6 Å². The van der Waals surface area contributed by atoms with Gasteiger partial charge in [0.25, 0.3) is 0 Å². The normalized spacial score (nSPS) is 19.2. The third-order valence-corrected chi connectivity index (χ3v) is 4.33. The van der Waals surface area contributed by atoms with Crippen LogP contribution in [-0.4, -0.2) is 35.7 Å². The Hall–Kier alpha value is -1.55. The summed E-state index contributed by atoms with van der Waals surface area (Å²) in [7, 11) is 1.70. The zero-order chi connectivity index (χ0) is 15.6. The summed E-state index contributed by atoms with van der Waals surface area (Å²) in [5.41, 5.74) is 3.55. The Labute approximate surface area is 126 Å². The number of aliphatic carboxylic acids is 1. The lowest BCUT2D eigenvalue weighted by atomic mass is 9.96. The number of methoxy groups -OCH3 is 1. The highest BCUT2D eigenvalue weighted by Crippen LogP contribution is 2.31.